The van der Waals surface area contributed by atoms with Crippen molar-refractivity contribution in [3.05, 3.63) is 23.3 Å². The van der Waals surface area contributed by atoms with E-state index in [2.05, 4.69) is 0 Å². The molecule has 0 bridgehead atoms. The Kier molecular flexibility index (Phi) is 6.49. The minimum atomic E-state index is -0.561. The molecule has 0 aliphatic carbocycles. The Morgan fingerprint density at radius 1 is 1.23 bits per heavy atom. The van der Waals surface area contributed by atoms with Crippen molar-refractivity contribution in [2.75, 3.05) is 13.2 Å². The molecule has 0 heterocycles. The lowest BCUT2D eigenvalue weighted by molar-refractivity contribution is 0.211. The van der Waals surface area contributed by atoms with E-state index >= 15 is 0 Å². The second-order valence-electron chi connectivity index (χ2n) is 3.09. The Hall–Kier alpha value is -0.640. The molecule has 3 heteroatoms. The van der Waals surface area contributed by atoms with Gasteiger partial charge in [0, 0.05) is 0 Å². The predicted octanol–water partition coefficient (Wildman–Crippen LogP) is 0.615. The van der Waals surface area contributed by atoms with Crippen molar-refractivity contribution in [3.63, 3.8) is 0 Å². The maximum absolute atomic E-state index is 9.49. The summed E-state index contributed by atoms with van der Waals surface area (Å²) in [7, 11) is 0. The molecule has 0 aliphatic heterocycles. The van der Waals surface area contributed by atoms with Crippen LogP contribution >= 0.6 is 0 Å². The van der Waals surface area contributed by atoms with Crippen LogP contribution in [0.25, 0.3) is 0 Å². The van der Waals surface area contributed by atoms with E-state index in [0.29, 0.717) is 6.42 Å². The van der Waals surface area contributed by atoms with Crippen molar-refractivity contribution < 1.29 is 15.3 Å². The van der Waals surface area contributed by atoms with Gasteiger partial charge in [0.05, 0.1) is 19.3 Å². The van der Waals surface area contributed by atoms with Gasteiger partial charge in [-0.1, -0.05) is 17.7 Å². The van der Waals surface area contributed by atoms with E-state index in [1.54, 1.807) is 26.0 Å². The van der Waals surface area contributed by atoms with Crippen molar-refractivity contribution in [2.45, 2.75) is 26.4 Å². The van der Waals surface area contributed by atoms with Crippen LogP contribution in [-0.2, 0) is 0 Å². The SMILES string of the molecule is CC(=CCC(O)C(C)=CCO)CO. The molecule has 1 atom stereocenters. The largest absolute Gasteiger partial charge is 0.392 e. The Morgan fingerprint density at radius 2 is 1.85 bits per heavy atom. The second-order valence-corrected chi connectivity index (χ2v) is 3.09. The van der Waals surface area contributed by atoms with Gasteiger partial charge in [0.1, 0.15) is 0 Å². The zero-order valence-corrected chi connectivity index (χ0v) is 8.20. The summed E-state index contributed by atoms with van der Waals surface area (Å²) in [4.78, 5) is 0. The van der Waals surface area contributed by atoms with Crippen LogP contribution in [0.2, 0.25) is 0 Å². The van der Waals surface area contributed by atoms with Gasteiger partial charge < -0.3 is 15.3 Å². The predicted molar refractivity (Wildman–Crippen MR) is 52.3 cm³/mol. The smallest absolute Gasteiger partial charge is 0.0782 e. The summed E-state index contributed by atoms with van der Waals surface area (Å²) in [6.45, 7) is 3.54. The molecule has 13 heavy (non-hydrogen) atoms. The molecule has 0 saturated carbocycles. The van der Waals surface area contributed by atoms with Gasteiger partial charge in [-0.2, -0.15) is 0 Å². The third kappa shape index (κ3) is 5.58. The van der Waals surface area contributed by atoms with Gasteiger partial charge in [-0.15, -0.1) is 0 Å². The molecule has 3 N–H and O–H groups in total. The molecule has 0 fully saturated rings. The molecule has 0 aliphatic rings. The Balaban J connectivity index is 4.00. The summed E-state index contributed by atoms with van der Waals surface area (Å²) < 4.78 is 0. The lowest BCUT2D eigenvalue weighted by atomic mass is 10.1. The summed E-state index contributed by atoms with van der Waals surface area (Å²) in [5.74, 6) is 0. The molecule has 0 aromatic rings. The van der Waals surface area contributed by atoms with Crippen molar-refractivity contribution in [1.82, 2.24) is 0 Å². The minimum absolute atomic E-state index is 0.0233. The molecule has 1 unspecified atom stereocenters. The first kappa shape index (κ1) is 12.4. The number of rotatable bonds is 5. The first-order chi connectivity index (χ1) is 6.11. The van der Waals surface area contributed by atoms with Crippen LogP contribution in [0.15, 0.2) is 23.3 Å². The second kappa shape index (κ2) is 6.83. The highest BCUT2D eigenvalue weighted by molar-refractivity contribution is 5.08. The lowest BCUT2D eigenvalue weighted by Gasteiger charge is -2.08. The zero-order chi connectivity index (χ0) is 10.3. The third-order valence-electron chi connectivity index (χ3n) is 1.88. The van der Waals surface area contributed by atoms with Crippen LogP contribution in [0.1, 0.15) is 20.3 Å². The van der Waals surface area contributed by atoms with Gasteiger partial charge in [0.25, 0.3) is 0 Å². The first-order valence-corrected chi connectivity index (χ1v) is 4.33. The molecule has 0 spiro atoms. The highest BCUT2D eigenvalue weighted by Gasteiger charge is 2.03. The molecule has 76 valence electrons. The van der Waals surface area contributed by atoms with Gasteiger partial charge in [0.15, 0.2) is 0 Å². The van der Waals surface area contributed by atoms with Crippen LogP contribution in [0.5, 0.6) is 0 Å². The average molecular weight is 186 g/mol. The first-order valence-electron chi connectivity index (χ1n) is 4.33. The summed E-state index contributed by atoms with van der Waals surface area (Å²) >= 11 is 0. The maximum atomic E-state index is 9.49. The quantitative estimate of drug-likeness (QED) is 0.551. The fraction of sp³-hybridized carbons (Fsp3) is 0.600. The van der Waals surface area contributed by atoms with E-state index in [1.807, 2.05) is 0 Å². The molecule has 0 aromatic carbocycles. The van der Waals surface area contributed by atoms with Crippen LogP contribution < -0.4 is 0 Å². The topological polar surface area (TPSA) is 60.7 Å². The summed E-state index contributed by atoms with van der Waals surface area (Å²) in [6.07, 6.45) is 3.29. The number of hydrogen-bond donors (Lipinski definition) is 3. The van der Waals surface area contributed by atoms with Crippen LogP contribution in [-0.4, -0.2) is 34.6 Å². The van der Waals surface area contributed by atoms with Gasteiger partial charge in [-0.25, -0.2) is 0 Å². The highest BCUT2D eigenvalue weighted by Crippen LogP contribution is 2.07. The highest BCUT2D eigenvalue weighted by atomic mass is 16.3. The van der Waals surface area contributed by atoms with E-state index < -0.39 is 6.10 Å². The monoisotopic (exact) mass is 186 g/mol. The van der Waals surface area contributed by atoms with Gasteiger partial charge in [-0.05, 0) is 25.8 Å². The third-order valence-corrected chi connectivity index (χ3v) is 1.88. The van der Waals surface area contributed by atoms with Crippen LogP contribution in [0.3, 0.4) is 0 Å². The molecular weight excluding hydrogens is 168 g/mol. The van der Waals surface area contributed by atoms with E-state index in [1.165, 1.54) is 0 Å². The molecular formula is C10H18O3. The van der Waals surface area contributed by atoms with Crippen molar-refractivity contribution in [3.8, 4) is 0 Å². The normalized spacial score (nSPS) is 16.1. The Bertz CT molecular complexity index is 194. The fourth-order valence-corrected chi connectivity index (χ4v) is 0.843. The van der Waals surface area contributed by atoms with Crippen LogP contribution in [0.4, 0.5) is 0 Å². The molecule has 3 nitrogen and oxygen atoms in total. The number of aliphatic hydroxyl groups is 3. The molecule has 0 saturated heterocycles. The molecule has 0 amide bonds. The van der Waals surface area contributed by atoms with Crippen LogP contribution in [0, 0.1) is 0 Å². The minimum Gasteiger partial charge on any atom is -0.392 e. The molecule has 0 radical (unpaired) electrons. The Morgan fingerprint density at radius 3 is 2.31 bits per heavy atom. The molecule has 0 aromatic heterocycles. The average Bonchev–Trinajstić information content (AvgIpc) is 2.13. The number of hydrogen-bond acceptors (Lipinski definition) is 3. The zero-order valence-electron chi connectivity index (χ0n) is 8.20. The van der Waals surface area contributed by atoms with Gasteiger partial charge >= 0.3 is 0 Å². The maximum Gasteiger partial charge on any atom is 0.0782 e. The number of aliphatic hydroxyl groups excluding tert-OH is 3. The lowest BCUT2D eigenvalue weighted by Crippen LogP contribution is -2.07. The fourth-order valence-electron chi connectivity index (χ4n) is 0.843. The standard InChI is InChI=1S/C10H18O3/c1-8(7-12)3-4-10(13)9(2)5-6-11/h3,5,10-13H,4,6-7H2,1-2H3. The van der Waals surface area contributed by atoms with Gasteiger partial charge in [-0.3, -0.25) is 0 Å². The van der Waals surface area contributed by atoms with Crippen molar-refractivity contribution in [2.24, 2.45) is 0 Å². The summed E-state index contributed by atoms with van der Waals surface area (Å²) in [5.41, 5.74) is 1.60. The van der Waals surface area contributed by atoms with Crippen molar-refractivity contribution in [1.29, 1.82) is 0 Å². The van der Waals surface area contributed by atoms with Gasteiger partial charge in [0.2, 0.25) is 0 Å². The van der Waals surface area contributed by atoms with E-state index in [-0.39, 0.29) is 13.2 Å². The molecule has 0 rings (SSSR count). The van der Waals surface area contributed by atoms with Crippen molar-refractivity contribution >= 4 is 0 Å². The van der Waals surface area contributed by atoms with E-state index in [4.69, 9.17) is 10.2 Å². The Labute approximate surface area is 79.0 Å². The van der Waals surface area contributed by atoms with E-state index in [0.717, 1.165) is 11.1 Å². The summed E-state index contributed by atoms with van der Waals surface area (Å²) in [6, 6.07) is 0. The summed E-state index contributed by atoms with van der Waals surface area (Å²) in [5, 5.41) is 26.7. The van der Waals surface area contributed by atoms with E-state index in [9.17, 15) is 5.11 Å².